The van der Waals surface area contributed by atoms with E-state index in [2.05, 4.69) is 0 Å². The molecule has 0 N–H and O–H groups in total. The monoisotopic (exact) mass is 221 g/mol. The summed E-state index contributed by atoms with van der Waals surface area (Å²) in [6, 6.07) is 0. The van der Waals surface area contributed by atoms with E-state index >= 15 is 0 Å². The number of hydrogen-bond acceptors (Lipinski definition) is 1. The molecule has 0 rings (SSSR count). The van der Waals surface area contributed by atoms with Gasteiger partial charge in [0.15, 0.2) is 17.4 Å². The van der Waals surface area contributed by atoms with Gasteiger partial charge in [-0.1, -0.05) is 0 Å². The molecular formula is H3AlMnOSn. The maximum absolute atomic E-state index is 8.34. The quantitative estimate of drug-likeness (QED) is 0.445. The second-order valence-electron chi connectivity index (χ2n) is 0. The van der Waals surface area contributed by atoms with Crippen LogP contribution in [0.25, 0.3) is 0 Å². The van der Waals surface area contributed by atoms with Crippen LogP contribution in [0.2, 0.25) is 0 Å². The van der Waals surface area contributed by atoms with Crippen LogP contribution in [-0.2, 0) is 20.1 Å². The van der Waals surface area contributed by atoms with Crippen LogP contribution in [0.4, 0.5) is 0 Å². The van der Waals surface area contributed by atoms with E-state index in [1.807, 2.05) is 0 Å². The van der Waals surface area contributed by atoms with Crippen LogP contribution in [-0.4, -0.2) is 39.9 Å². The molecule has 4 heavy (non-hydrogen) atoms. The molecule has 0 aromatic rings. The Kier molecular flexibility index (Phi) is 98.9. The van der Waals surface area contributed by atoms with Gasteiger partial charge in [-0.2, -0.15) is 0 Å². The average molecular weight is 220 g/mol. The maximum atomic E-state index is 8.34. The van der Waals surface area contributed by atoms with E-state index in [1.54, 1.807) is 0 Å². The van der Waals surface area contributed by atoms with Crippen molar-refractivity contribution in [3.8, 4) is 0 Å². The minimum absolute atomic E-state index is 0. The molecule has 0 unspecified atom stereocenters. The Morgan fingerprint density at radius 2 is 1.25 bits per heavy atom. The first kappa shape index (κ1) is 17.4. The molecule has 1 nitrogen and oxygen atoms in total. The molecule has 0 atom stereocenters. The van der Waals surface area contributed by atoms with Crippen molar-refractivity contribution in [2.24, 2.45) is 0 Å². The van der Waals surface area contributed by atoms with Gasteiger partial charge in [0, 0.05) is 17.1 Å². The molecule has 0 spiro atoms. The van der Waals surface area contributed by atoms with Gasteiger partial charge in [0.1, 0.15) is 0 Å². The normalized spacial score (nSPS) is 1.00. The van der Waals surface area contributed by atoms with E-state index < -0.39 is 0 Å². The van der Waals surface area contributed by atoms with Crippen LogP contribution in [0.3, 0.4) is 0 Å². The van der Waals surface area contributed by atoms with Crippen molar-refractivity contribution in [1.82, 2.24) is 0 Å². The molecule has 0 aliphatic rings. The zero-order chi connectivity index (χ0) is 2.00. The van der Waals surface area contributed by atoms with Crippen molar-refractivity contribution in [2.45, 2.75) is 0 Å². The molecule has 4 heteroatoms. The second-order valence-corrected chi connectivity index (χ2v) is 0. The van der Waals surface area contributed by atoms with Gasteiger partial charge in [-0.3, -0.25) is 0 Å². The Labute approximate surface area is 59.6 Å². The van der Waals surface area contributed by atoms with Crippen molar-refractivity contribution in [2.75, 3.05) is 0 Å². The Bertz CT molecular complexity index is 8.00. The molecule has 0 bridgehead atoms. The van der Waals surface area contributed by atoms with Crippen molar-refractivity contribution in [1.29, 1.82) is 0 Å². The molecule has 23 valence electrons. The van der Waals surface area contributed by atoms with Crippen molar-refractivity contribution in [3.05, 3.63) is 0 Å². The molecule has 0 heterocycles. The summed E-state index contributed by atoms with van der Waals surface area (Å²) in [6.07, 6.45) is 0. The summed E-state index contributed by atoms with van der Waals surface area (Å²) in [5.74, 6) is 0. The first-order chi connectivity index (χ1) is 1.00. The molecule has 0 aliphatic carbocycles. The van der Waals surface area contributed by atoms with Crippen LogP contribution in [0.15, 0.2) is 0 Å². The Hall–Kier alpha value is 1.65. The molecule has 3 radical (unpaired) electrons. The zero-order valence-corrected chi connectivity index (χ0v) is 5.32. The summed E-state index contributed by atoms with van der Waals surface area (Å²) in [5, 5.41) is 0. The fourth-order valence-electron chi connectivity index (χ4n) is 0. The predicted octanol–water partition coefficient (Wildman–Crippen LogP) is -1.69. The van der Waals surface area contributed by atoms with Crippen molar-refractivity contribution in [3.63, 3.8) is 0 Å². The molecule has 0 aliphatic heterocycles. The summed E-state index contributed by atoms with van der Waals surface area (Å²) in [4.78, 5) is 0. The third-order valence-corrected chi connectivity index (χ3v) is 0. The summed E-state index contributed by atoms with van der Waals surface area (Å²) >= 11 is 0.300. The van der Waals surface area contributed by atoms with Crippen molar-refractivity contribution < 1.29 is 20.1 Å². The van der Waals surface area contributed by atoms with E-state index in [9.17, 15) is 0 Å². The Balaban J connectivity index is -0.00000000500. The van der Waals surface area contributed by atoms with E-state index in [-0.39, 0.29) is 34.4 Å². The second kappa shape index (κ2) is 22.7. The zero-order valence-electron chi connectivity index (χ0n) is 1.29. The summed E-state index contributed by atoms with van der Waals surface area (Å²) in [6.45, 7) is 0. The molecule has 0 fully saturated rings. The van der Waals surface area contributed by atoms with Gasteiger partial charge < -0.3 is 0 Å². The summed E-state index contributed by atoms with van der Waals surface area (Å²) in [7, 11) is 0. The standard InChI is InChI=1S/Al.Mn.O.Sn.3H. The van der Waals surface area contributed by atoms with Gasteiger partial charge in [0.25, 0.3) is 0 Å². The molecule has 0 saturated carbocycles. The van der Waals surface area contributed by atoms with Gasteiger partial charge in [0.2, 0.25) is 0 Å². The first-order valence-electron chi connectivity index (χ1n) is 0.204. The van der Waals surface area contributed by atoms with Gasteiger partial charge in [-0.25, -0.2) is 0 Å². The van der Waals surface area contributed by atoms with Gasteiger partial charge >= 0.3 is 25.6 Å². The van der Waals surface area contributed by atoms with Crippen LogP contribution in [0.1, 0.15) is 0 Å². The summed E-state index contributed by atoms with van der Waals surface area (Å²) < 4.78 is 8.34. The van der Waals surface area contributed by atoms with E-state index in [4.69, 9.17) is 3.08 Å². The SMILES string of the molecule is [AlH3].[Mn].[O]=[Sn]. The third kappa shape index (κ3) is 9.41. The molecule has 0 aromatic carbocycles. The fourth-order valence-corrected chi connectivity index (χ4v) is 0. The Morgan fingerprint density at radius 3 is 1.25 bits per heavy atom. The molecule has 0 amide bonds. The number of hydrogen-bond donors (Lipinski definition) is 0. The Morgan fingerprint density at radius 1 is 1.25 bits per heavy atom. The minimum atomic E-state index is 0. The fraction of sp³-hybridized carbons (Fsp3) is 0. The molecule has 0 saturated heterocycles. The number of rotatable bonds is 0. The molecule has 0 aromatic heterocycles. The van der Waals surface area contributed by atoms with Crippen molar-refractivity contribution >= 4 is 39.9 Å². The predicted molar refractivity (Wildman–Crippen MR) is 16.4 cm³/mol. The van der Waals surface area contributed by atoms with Gasteiger partial charge in [-0.05, 0) is 0 Å². The average Bonchev–Trinajstić information content (AvgIpc) is 1.00. The topological polar surface area (TPSA) is 17.1 Å². The van der Waals surface area contributed by atoms with Gasteiger partial charge in [0.05, 0.1) is 0 Å². The third-order valence-electron chi connectivity index (χ3n) is 0. The van der Waals surface area contributed by atoms with Crippen LogP contribution in [0, 0.1) is 0 Å². The first-order valence-corrected chi connectivity index (χ1v) is 1.37. The van der Waals surface area contributed by atoms with E-state index in [0.717, 1.165) is 0 Å². The van der Waals surface area contributed by atoms with Crippen LogP contribution >= 0.6 is 0 Å². The van der Waals surface area contributed by atoms with E-state index in [0.29, 0.717) is 22.5 Å². The van der Waals surface area contributed by atoms with Gasteiger partial charge in [-0.15, -0.1) is 0 Å². The summed E-state index contributed by atoms with van der Waals surface area (Å²) in [5.41, 5.74) is 0. The van der Waals surface area contributed by atoms with Crippen LogP contribution < -0.4 is 0 Å². The van der Waals surface area contributed by atoms with Crippen LogP contribution in [0.5, 0.6) is 0 Å². The molecular weight excluding hydrogens is 217 g/mol. The van der Waals surface area contributed by atoms with E-state index in [1.165, 1.54) is 0 Å².